The van der Waals surface area contributed by atoms with Gasteiger partial charge in [0.25, 0.3) is 0 Å². The van der Waals surface area contributed by atoms with Gasteiger partial charge in [0.05, 0.1) is 34.9 Å². The van der Waals surface area contributed by atoms with Crippen molar-refractivity contribution in [1.82, 2.24) is 3.22 Å². The minimum atomic E-state index is 0.386. The first-order chi connectivity index (χ1) is 4.63. The van der Waals surface area contributed by atoms with Gasteiger partial charge in [-0.3, -0.25) is 0 Å². The lowest BCUT2D eigenvalue weighted by Gasteiger charge is -2.17. The van der Waals surface area contributed by atoms with Crippen molar-refractivity contribution in [2.45, 2.75) is 32.9 Å². The van der Waals surface area contributed by atoms with E-state index in [0.29, 0.717) is 18.0 Å². The molecule has 0 amide bonds. The van der Waals surface area contributed by atoms with E-state index in [-0.39, 0.29) is 0 Å². The molecule has 0 saturated carbocycles. The highest BCUT2D eigenvalue weighted by atomic mass is 127. The van der Waals surface area contributed by atoms with Crippen molar-refractivity contribution in [3.8, 4) is 0 Å². The van der Waals surface area contributed by atoms with Gasteiger partial charge in [0, 0.05) is 0 Å². The first-order valence-electron chi connectivity index (χ1n) is 3.48. The summed E-state index contributed by atoms with van der Waals surface area (Å²) in [5, 5.41) is 8.11. The van der Waals surface area contributed by atoms with Crippen LogP contribution in [0.3, 0.4) is 0 Å². The fourth-order valence-corrected chi connectivity index (χ4v) is 1.54. The summed E-state index contributed by atoms with van der Waals surface area (Å²) in [6.45, 7) is 6.50. The largest absolute Gasteiger partial charge is 0.213 e. The Morgan fingerprint density at radius 2 is 2.10 bits per heavy atom. The smallest absolute Gasteiger partial charge is 0.0978 e. The van der Waals surface area contributed by atoms with Crippen LogP contribution in [0.25, 0.3) is 0 Å². The molecule has 1 rings (SSSR count). The van der Waals surface area contributed by atoms with Gasteiger partial charge in [-0.1, -0.05) is 19.1 Å². The molecule has 10 heavy (non-hydrogen) atoms. The van der Waals surface area contributed by atoms with Gasteiger partial charge < -0.3 is 0 Å². The Balaban J connectivity index is 2.58. The highest BCUT2D eigenvalue weighted by Crippen LogP contribution is 2.25. The topological polar surface area (TPSA) is 28.0 Å². The van der Waals surface area contributed by atoms with Crippen molar-refractivity contribution in [2.75, 3.05) is 0 Å². The molecule has 58 valence electrons. The molecule has 0 radical (unpaired) electrons. The maximum absolute atomic E-state index is 4.14. The molecular formula is C6H12IN3. The first kappa shape index (κ1) is 8.23. The molecule has 0 N–H and O–H groups in total. The zero-order valence-corrected chi connectivity index (χ0v) is 8.61. The summed E-state index contributed by atoms with van der Waals surface area (Å²) in [4.78, 5) is 0. The number of nitrogens with zero attached hydrogens (tertiary/aromatic N) is 3. The average molecular weight is 253 g/mol. The van der Waals surface area contributed by atoms with Gasteiger partial charge in [-0.05, 0) is 12.8 Å². The normalized spacial score (nSPS) is 32.3. The maximum atomic E-state index is 4.14. The molecule has 1 aliphatic heterocycles. The van der Waals surface area contributed by atoms with Crippen LogP contribution in [0.1, 0.15) is 20.8 Å². The number of hydrogen-bond donors (Lipinski definition) is 0. The highest BCUT2D eigenvalue weighted by molar-refractivity contribution is 14.1. The lowest BCUT2D eigenvalue weighted by Crippen LogP contribution is -2.29. The second-order valence-electron chi connectivity index (χ2n) is 2.97. The molecule has 1 aliphatic rings. The van der Waals surface area contributed by atoms with Crippen LogP contribution in [-0.4, -0.2) is 15.3 Å². The molecule has 0 saturated heterocycles. The van der Waals surface area contributed by atoms with Crippen LogP contribution in [0.2, 0.25) is 0 Å². The Bertz CT molecular complexity index is 146. The lowest BCUT2D eigenvalue weighted by molar-refractivity contribution is 0.377. The van der Waals surface area contributed by atoms with Crippen molar-refractivity contribution in [3.05, 3.63) is 0 Å². The monoisotopic (exact) mass is 253 g/mol. The van der Waals surface area contributed by atoms with Crippen LogP contribution in [-0.2, 0) is 0 Å². The van der Waals surface area contributed by atoms with Gasteiger partial charge in [0.1, 0.15) is 0 Å². The Kier molecular flexibility index (Phi) is 2.49. The number of halogens is 1. The van der Waals surface area contributed by atoms with E-state index in [4.69, 9.17) is 0 Å². The molecule has 4 heteroatoms. The van der Waals surface area contributed by atoms with E-state index in [9.17, 15) is 0 Å². The Hall–Kier alpha value is 0.130. The van der Waals surface area contributed by atoms with Gasteiger partial charge in [-0.25, -0.2) is 3.22 Å². The van der Waals surface area contributed by atoms with Crippen molar-refractivity contribution in [1.29, 1.82) is 0 Å². The molecule has 0 aromatic rings. The standard InChI is InChI=1S/C6H12IN3/c1-4(2)6-5(3)10(7)9-8-6/h4-6H,1-3H3/t5-,6?/m0/s1. The van der Waals surface area contributed by atoms with Crippen molar-refractivity contribution in [3.63, 3.8) is 0 Å². The quantitative estimate of drug-likeness (QED) is 0.521. The van der Waals surface area contributed by atoms with Crippen LogP contribution >= 0.6 is 22.9 Å². The Morgan fingerprint density at radius 3 is 2.30 bits per heavy atom. The lowest BCUT2D eigenvalue weighted by atomic mass is 10.00. The fraction of sp³-hybridized carbons (Fsp3) is 1.00. The van der Waals surface area contributed by atoms with Crippen molar-refractivity contribution >= 4 is 22.9 Å². The van der Waals surface area contributed by atoms with Crippen LogP contribution in [0, 0.1) is 5.92 Å². The van der Waals surface area contributed by atoms with E-state index in [1.165, 1.54) is 0 Å². The first-order valence-corrected chi connectivity index (χ1v) is 4.45. The molecule has 1 unspecified atom stereocenters. The summed E-state index contributed by atoms with van der Waals surface area (Å²) in [5.74, 6) is 0.596. The van der Waals surface area contributed by atoms with E-state index in [0.717, 1.165) is 0 Å². The van der Waals surface area contributed by atoms with Crippen LogP contribution < -0.4 is 0 Å². The van der Waals surface area contributed by atoms with Crippen molar-refractivity contribution in [2.24, 2.45) is 16.3 Å². The fourth-order valence-electron chi connectivity index (χ4n) is 1.10. The summed E-state index contributed by atoms with van der Waals surface area (Å²) in [5.41, 5.74) is 0. The number of rotatable bonds is 1. The molecule has 0 aliphatic carbocycles. The van der Waals surface area contributed by atoms with Gasteiger partial charge in [0.2, 0.25) is 0 Å². The van der Waals surface area contributed by atoms with E-state index >= 15 is 0 Å². The summed E-state index contributed by atoms with van der Waals surface area (Å²) < 4.78 is 1.89. The van der Waals surface area contributed by atoms with Gasteiger partial charge in [0.15, 0.2) is 0 Å². The van der Waals surface area contributed by atoms with E-state index in [2.05, 4.69) is 54.0 Å². The Morgan fingerprint density at radius 1 is 1.50 bits per heavy atom. The van der Waals surface area contributed by atoms with E-state index in [1.54, 1.807) is 0 Å². The molecule has 0 fully saturated rings. The summed E-state index contributed by atoms with van der Waals surface area (Å²) in [7, 11) is 0. The van der Waals surface area contributed by atoms with Crippen LogP contribution in [0.5, 0.6) is 0 Å². The van der Waals surface area contributed by atoms with Crippen LogP contribution in [0.15, 0.2) is 10.3 Å². The van der Waals surface area contributed by atoms with E-state index in [1.807, 2.05) is 3.22 Å². The molecule has 0 spiro atoms. The summed E-state index contributed by atoms with van der Waals surface area (Å²) in [6.07, 6.45) is 0. The molecule has 0 aromatic carbocycles. The highest BCUT2D eigenvalue weighted by Gasteiger charge is 2.29. The van der Waals surface area contributed by atoms with Crippen molar-refractivity contribution < 1.29 is 0 Å². The second-order valence-corrected chi connectivity index (χ2v) is 3.96. The summed E-state index contributed by atoms with van der Waals surface area (Å²) >= 11 is 2.18. The SMILES string of the molecule is CC(C)C1N=NN(I)[C@H]1C. The zero-order chi connectivity index (χ0) is 7.72. The van der Waals surface area contributed by atoms with Gasteiger partial charge in [-0.15, -0.1) is 0 Å². The predicted molar refractivity (Wildman–Crippen MR) is 48.8 cm³/mol. The van der Waals surface area contributed by atoms with Gasteiger partial charge in [-0.2, -0.15) is 5.11 Å². The third-order valence-electron chi connectivity index (χ3n) is 1.78. The third-order valence-corrected chi connectivity index (χ3v) is 2.86. The number of hydrogen-bond acceptors (Lipinski definition) is 3. The Labute approximate surface area is 75.4 Å². The molecule has 0 bridgehead atoms. The second kappa shape index (κ2) is 3.02. The van der Waals surface area contributed by atoms with Gasteiger partial charge >= 0.3 is 0 Å². The minimum absolute atomic E-state index is 0.386. The molecule has 0 aromatic heterocycles. The average Bonchev–Trinajstić information content (AvgIpc) is 2.14. The molecule has 2 atom stereocenters. The predicted octanol–water partition coefficient (Wildman–Crippen LogP) is 2.43. The molecule has 3 nitrogen and oxygen atoms in total. The third kappa shape index (κ3) is 1.41. The maximum Gasteiger partial charge on any atom is 0.0978 e. The zero-order valence-electron chi connectivity index (χ0n) is 6.45. The van der Waals surface area contributed by atoms with Crippen LogP contribution in [0.4, 0.5) is 0 Å². The molecular weight excluding hydrogens is 241 g/mol. The minimum Gasteiger partial charge on any atom is -0.213 e. The summed E-state index contributed by atoms with van der Waals surface area (Å²) in [6, 6.07) is 0.845. The van der Waals surface area contributed by atoms with E-state index < -0.39 is 0 Å². The molecule has 1 heterocycles.